The molecule has 0 heterocycles. The molecular formula is C18H23BrO2. The van der Waals surface area contributed by atoms with Crippen molar-refractivity contribution in [1.29, 1.82) is 0 Å². The summed E-state index contributed by atoms with van der Waals surface area (Å²) < 4.78 is 6.69. The highest BCUT2D eigenvalue weighted by Gasteiger charge is 2.36. The molecule has 1 N–H and O–H groups in total. The standard InChI is InChI=1S/C18H23BrO2/c1-14(2)21-18(20)12-8-16(19)13-15(18)7-11-17(3)9-5-4-6-10-17/h4-9,11-15,20H,10H2,1-3H3. The third kappa shape index (κ3) is 4.29. The van der Waals surface area contributed by atoms with Crippen molar-refractivity contribution in [2.24, 2.45) is 11.3 Å². The van der Waals surface area contributed by atoms with Crippen LogP contribution < -0.4 is 0 Å². The molecule has 0 aromatic rings. The molecule has 0 aromatic carbocycles. The number of hydrogen-bond donors (Lipinski definition) is 1. The van der Waals surface area contributed by atoms with E-state index in [1.807, 2.05) is 32.1 Å². The normalized spacial score (nSPS) is 35.7. The Bertz CT molecular complexity index is 527. The van der Waals surface area contributed by atoms with E-state index < -0.39 is 5.79 Å². The molecule has 0 spiro atoms. The first-order valence-electron chi connectivity index (χ1n) is 7.33. The maximum atomic E-state index is 10.8. The maximum absolute atomic E-state index is 10.8. The number of hydrogen-bond acceptors (Lipinski definition) is 2. The molecule has 2 aliphatic carbocycles. The molecule has 0 saturated carbocycles. The van der Waals surface area contributed by atoms with Crippen LogP contribution in [-0.4, -0.2) is 17.0 Å². The zero-order chi connectivity index (χ0) is 15.5. The molecular weight excluding hydrogens is 328 g/mol. The van der Waals surface area contributed by atoms with E-state index in [2.05, 4.69) is 53.2 Å². The van der Waals surface area contributed by atoms with Gasteiger partial charge in [-0.3, -0.25) is 0 Å². The molecule has 0 aromatic heterocycles. The predicted octanol–water partition coefficient (Wildman–Crippen LogP) is 4.64. The summed E-state index contributed by atoms with van der Waals surface area (Å²) in [5.41, 5.74) is -0.00499. The summed E-state index contributed by atoms with van der Waals surface area (Å²) in [4.78, 5) is 0. The van der Waals surface area contributed by atoms with Crippen LogP contribution in [0, 0.1) is 11.3 Å². The summed E-state index contributed by atoms with van der Waals surface area (Å²) in [5.74, 6) is -1.50. The van der Waals surface area contributed by atoms with E-state index in [4.69, 9.17) is 4.74 Å². The van der Waals surface area contributed by atoms with Gasteiger partial charge in [0.1, 0.15) is 0 Å². The van der Waals surface area contributed by atoms with Crippen molar-refractivity contribution in [2.75, 3.05) is 0 Å². The highest BCUT2D eigenvalue weighted by atomic mass is 79.9. The molecule has 0 fully saturated rings. The molecule has 0 aliphatic heterocycles. The molecule has 2 nitrogen and oxygen atoms in total. The largest absolute Gasteiger partial charge is 0.362 e. The van der Waals surface area contributed by atoms with Crippen LogP contribution in [0.5, 0.6) is 0 Å². The molecule has 2 rings (SSSR count). The van der Waals surface area contributed by atoms with E-state index in [-0.39, 0.29) is 17.4 Å². The molecule has 0 amide bonds. The molecule has 3 unspecified atom stereocenters. The Morgan fingerprint density at radius 3 is 2.76 bits per heavy atom. The van der Waals surface area contributed by atoms with Gasteiger partial charge in [-0.25, -0.2) is 0 Å². The van der Waals surface area contributed by atoms with Gasteiger partial charge in [-0.1, -0.05) is 65.4 Å². The van der Waals surface area contributed by atoms with E-state index in [9.17, 15) is 5.11 Å². The lowest BCUT2D eigenvalue weighted by Crippen LogP contribution is -2.40. The van der Waals surface area contributed by atoms with Gasteiger partial charge in [0, 0.05) is 9.90 Å². The topological polar surface area (TPSA) is 29.5 Å². The zero-order valence-electron chi connectivity index (χ0n) is 12.8. The van der Waals surface area contributed by atoms with E-state index in [0.717, 1.165) is 10.9 Å². The highest BCUT2D eigenvalue weighted by molar-refractivity contribution is 9.11. The van der Waals surface area contributed by atoms with Crippen LogP contribution in [0.1, 0.15) is 27.2 Å². The minimum absolute atomic E-state index is 0.00499. The van der Waals surface area contributed by atoms with Crippen molar-refractivity contribution in [1.82, 2.24) is 0 Å². The first-order chi connectivity index (χ1) is 9.83. The number of allylic oxidation sites excluding steroid dienone is 7. The van der Waals surface area contributed by atoms with Crippen LogP contribution in [0.4, 0.5) is 0 Å². The van der Waals surface area contributed by atoms with Gasteiger partial charge >= 0.3 is 0 Å². The second kappa shape index (κ2) is 6.47. The van der Waals surface area contributed by atoms with Crippen molar-refractivity contribution in [3.8, 4) is 0 Å². The summed E-state index contributed by atoms with van der Waals surface area (Å²) in [7, 11) is 0. The fourth-order valence-corrected chi connectivity index (χ4v) is 2.95. The number of ether oxygens (including phenoxy) is 1. The van der Waals surface area contributed by atoms with Crippen LogP contribution >= 0.6 is 15.9 Å². The smallest absolute Gasteiger partial charge is 0.195 e. The first kappa shape index (κ1) is 16.5. The van der Waals surface area contributed by atoms with E-state index in [1.54, 1.807) is 6.08 Å². The predicted molar refractivity (Wildman–Crippen MR) is 91.0 cm³/mol. The molecule has 2 aliphatic rings. The third-order valence-corrected chi connectivity index (χ3v) is 4.22. The van der Waals surface area contributed by atoms with E-state index >= 15 is 0 Å². The Kier molecular flexibility index (Phi) is 5.07. The SMILES string of the molecule is CC(C)OC1(O)C=CC(Br)=CC1C=CC1(C)C=CC=CC1. The lowest BCUT2D eigenvalue weighted by atomic mass is 9.81. The van der Waals surface area contributed by atoms with Gasteiger partial charge in [-0.2, -0.15) is 0 Å². The van der Waals surface area contributed by atoms with E-state index in [0.29, 0.717) is 0 Å². The zero-order valence-corrected chi connectivity index (χ0v) is 14.4. The van der Waals surface area contributed by atoms with Crippen LogP contribution in [0.2, 0.25) is 0 Å². The Balaban J connectivity index is 2.20. The summed E-state index contributed by atoms with van der Waals surface area (Å²) in [6, 6.07) is 0. The number of aliphatic hydroxyl groups is 1. The van der Waals surface area contributed by atoms with Gasteiger partial charge in [0.25, 0.3) is 0 Å². The van der Waals surface area contributed by atoms with Crippen molar-refractivity contribution in [3.05, 3.63) is 59.2 Å². The van der Waals surface area contributed by atoms with Gasteiger partial charge < -0.3 is 9.84 Å². The Morgan fingerprint density at radius 2 is 2.14 bits per heavy atom. The number of rotatable bonds is 4. The average Bonchev–Trinajstić information content (AvgIpc) is 2.40. The van der Waals surface area contributed by atoms with Gasteiger partial charge in [-0.05, 0) is 32.4 Å². The summed E-state index contributed by atoms with van der Waals surface area (Å²) in [6.07, 6.45) is 19.1. The Hall–Kier alpha value is -0.900. The summed E-state index contributed by atoms with van der Waals surface area (Å²) >= 11 is 3.47. The second-order valence-corrected chi connectivity index (χ2v) is 7.10. The van der Waals surface area contributed by atoms with Crippen LogP contribution in [0.25, 0.3) is 0 Å². The monoisotopic (exact) mass is 350 g/mol. The van der Waals surface area contributed by atoms with Gasteiger partial charge in [0.05, 0.1) is 12.0 Å². The van der Waals surface area contributed by atoms with Crippen molar-refractivity contribution >= 4 is 15.9 Å². The summed E-state index contributed by atoms with van der Waals surface area (Å²) in [6.45, 7) is 6.04. The second-order valence-electron chi connectivity index (χ2n) is 6.19. The van der Waals surface area contributed by atoms with Gasteiger partial charge in [0.15, 0.2) is 5.79 Å². The van der Waals surface area contributed by atoms with Crippen molar-refractivity contribution in [3.63, 3.8) is 0 Å². The minimum atomic E-state index is -1.29. The van der Waals surface area contributed by atoms with Crippen molar-refractivity contribution < 1.29 is 9.84 Å². The fraction of sp³-hybridized carbons (Fsp3) is 0.444. The lowest BCUT2D eigenvalue weighted by molar-refractivity contribution is -0.203. The molecule has 3 atom stereocenters. The molecule has 0 bridgehead atoms. The quantitative estimate of drug-likeness (QED) is 0.590. The molecule has 114 valence electrons. The molecule has 21 heavy (non-hydrogen) atoms. The third-order valence-electron chi connectivity index (χ3n) is 3.69. The molecule has 3 heteroatoms. The van der Waals surface area contributed by atoms with Gasteiger partial charge in [0.2, 0.25) is 0 Å². The van der Waals surface area contributed by atoms with Crippen LogP contribution in [-0.2, 0) is 4.74 Å². The first-order valence-corrected chi connectivity index (χ1v) is 8.13. The van der Waals surface area contributed by atoms with E-state index in [1.165, 1.54) is 0 Å². The van der Waals surface area contributed by atoms with Gasteiger partial charge in [-0.15, -0.1) is 0 Å². The van der Waals surface area contributed by atoms with Crippen LogP contribution in [0.3, 0.4) is 0 Å². The van der Waals surface area contributed by atoms with Crippen LogP contribution in [0.15, 0.2) is 59.2 Å². The molecule has 0 saturated heterocycles. The molecule has 0 radical (unpaired) electrons. The Labute approximate surface area is 135 Å². The summed E-state index contributed by atoms with van der Waals surface area (Å²) in [5, 5.41) is 10.8. The lowest BCUT2D eigenvalue weighted by Gasteiger charge is -2.35. The van der Waals surface area contributed by atoms with Crippen molar-refractivity contribution in [2.45, 2.75) is 39.1 Å². The average molecular weight is 351 g/mol. The Morgan fingerprint density at radius 1 is 1.38 bits per heavy atom. The number of halogens is 1. The minimum Gasteiger partial charge on any atom is -0.362 e. The highest BCUT2D eigenvalue weighted by Crippen LogP contribution is 2.35. The fourth-order valence-electron chi connectivity index (χ4n) is 2.54. The maximum Gasteiger partial charge on any atom is 0.195 e.